The van der Waals surface area contributed by atoms with Crippen molar-refractivity contribution in [2.75, 3.05) is 62.6 Å². The minimum Gasteiger partial charge on any atom is -0.494 e. The number of benzene rings is 2. The van der Waals surface area contributed by atoms with Crippen molar-refractivity contribution in [2.24, 2.45) is 7.05 Å². The van der Waals surface area contributed by atoms with Crippen molar-refractivity contribution in [1.82, 2.24) is 24.6 Å². The summed E-state index contributed by atoms with van der Waals surface area (Å²) in [4.78, 5) is 13.0. The van der Waals surface area contributed by atoms with E-state index in [4.69, 9.17) is 10.5 Å². The van der Waals surface area contributed by atoms with Gasteiger partial charge in [0.2, 0.25) is 0 Å². The van der Waals surface area contributed by atoms with E-state index in [0.717, 1.165) is 41.4 Å². The largest absolute Gasteiger partial charge is 0.494 e. The van der Waals surface area contributed by atoms with Crippen LogP contribution in [0, 0.1) is 0 Å². The SMILES string of the molecule is COc1cc(N(C)CCN(C)C)c(N)cc1Nc1cc(Nc2ccccc2-c2ccn(C)n2)ncn1. The summed E-state index contributed by atoms with van der Waals surface area (Å²) in [6.07, 6.45) is 3.43. The maximum atomic E-state index is 6.41. The number of ether oxygens (including phenoxy) is 1. The van der Waals surface area contributed by atoms with Gasteiger partial charge in [-0.1, -0.05) is 18.2 Å². The van der Waals surface area contributed by atoms with Crippen molar-refractivity contribution >= 4 is 34.4 Å². The number of nitrogens with one attached hydrogen (secondary N) is 2. The van der Waals surface area contributed by atoms with Crippen molar-refractivity contribution in [1.29, 1.82) is 0 Å². The first-order chi connectivity index (χ1) is 17.3. The van der Waals surface area contributed by atoms with E-state index in [9.17, 15) is 0 Å². The predicted molar refractivity (Wildman–Crippen MR) is 146 cm³/mol. The van der Waals surface area contributed by atoms with Gasteiger partial charge in [-0.05, 0) is 32.3 Å². The highest BCUT2D eigenvalue weighted by Crippen LogP contribution is 2.36. The lowest BCUT2D eigenvalue weighted by Crippen LogP contribution is -2.29. The molecule has 2 heterocycles. The van der Waals surface area contributed by atoms with Crippen LogP contribution in [0.3, 0.4) is 0 Å². The molecule has 0 atom stereocenters. The van der Waals surface area contributed by atoms with Gasteiger partial charge in [0.05, 0.1) is 29.9 Å². The molecule has 2 aromatic carbocycles. The van der Waals surface area contributed by atoms with E-state index in [-0.39, 0.29) is 0 Å². The van der Waals surface area contributed by atoms with E-state index in [2.05, 4.69) is 35.5 Å². The van der Waals surface area contributed by atoms with Gasteiger partial charge < -0.3 is 30.9 Å². The Morgan fingerprint density at radius 2 is 1.67 bits per heavy atom. The van der Waals surface area contributed by atoms with Crippen molar-refractivity contribution < 1.29 is 4.74 Å². The molecule has 36 heavy (non-hydrogen) atoms. The Bertz CT molecular complexity index is 1320. The highest BCUT2D eigenvalue weighted by atomic mass is 16.5. The average molecular weight is 488 g/mol. The van der Waals surface area contributed by atoms with Crippen molar-refractivity contribution in [3.8, 4) is 17.0 Å². The summed E-state index contributed by atoms with van der Waals surface area (Å²) in [5, 5.41) is 11.2. The third-order valence-electron chi connectivity index (χ3n) is 5.75. The Labute approximate surface area is 211 Å². The molecular formula is C26H33N9O. The lowest BCUT2D eigenvalue weighted by molar-refractivity contribution is 0.413. The molecule has 0 aliphatic heterocycles. The summed E-state index contributed by atoms with van der Waals surface area (Å²) in [5.41, 5.74) is 11.4. The van der Waals surface area contributed by atoms with Crippen molar-refractivity contribution in [3.05, 3.63) is 61.1 Å². The number of para-hydroxylation sites is 1. The normalized spacial score (nSPS) is 10.9. The van der Waals surface area contributed by atoms with Gasteiger partial charge in [0.25, 0.3) is 0 Å². The van der Waals surface area contributed by atoms with E-state index in [1.807, 2.05) is 82.9 Å². The fraction of sp³-hybridized carbons (Fsp3) is 0.269. The van der Waals surface area contributed by atoms with Gasteiger partial charge >= 0.3 is 0 Å². The second-order valence-corrected chi connectivity index (χ2v) is 8.79. The van der Waals surface area contributed by atoms with Gasteiger partial charge in [-0.3, -0.25) is 4.68 Å². The lowest BCUT2D eigenvalue weighted by Gasteiger charge is -2.24. The van der Waals surface area contributed by atoms with Gasteiger partial charge in [-0.15, -0.1) is 0 Å². The minimum absolute atomic E-state index is 0.606. The third-order valence-corrected chi connectivity index (χ3v) is 5.75. The number of nitrogens with two attached hydrogens (primary N) is 1. The zero-order chi connectivity index (χ0) is 25.7. The molecule has 0 bridgehead atoms. The maximum Gasteiger partial charge on any atom is 0.144 e. The molecular weight excluding hydrogens is 454 g/mol. The Balaban J connectivity index is 1.55. The van der Waals surface area contributed by atoms with E-state index >= 15 is 0 Å². The number of aromatic nitrogens is 4. The van der Waals surface area contributed by atoms with Crippen LogP contribution in [0.25, 0.3) is 11.3 Å². The topological polar surface area (TPSA) is 109 Å². The summed E-state index contributed by atoms with van der Waals surface area (Å²) in [6.45, 7) is 1.76. The Morgan fingerprint density at radius 1 is 0.944 bits per heavy atom. The Kier molecular flexibility index (Phi) is 7.55. The van der Waals surface area contributed by atoms with Crippen LogP contribution in [0.1, 0.15) is 0 Å². The first kappa shape index (κ1) is 24.8. The molecule has 0 saturated carbocycles. The smallest absolute Gasteiger partial charge is 0.144 e. The monoisotopic (exact) mass is 487 g/mol. The first-order valence-electron chi connectivity index (χ1n) is 11.6. The molecule has 0 spiro atoms. The number of methoxy groups -OCH3 is 1. The summed E-state index contributed by atoms with van der Waals surface area (Å²) < 4.78 is 7.44. The summed E-state index contributed by atoms with van der Waals surface area (Å²) in [7, 11) is 9.66. The number of nitrogens with zero attached hydrogens (tertiary/aromatic N) is 6. The summed E-state index contributed by atoms with van der Waals surface area (Å²) in [6, 6.07) is 15.6. The van der Waals surface area contributed by atoms with Crippen LogP contribution in [0.2, 0.25) is 0 Å². The molecule has 0 unspecified atom stereocenters. The summed E-state index contributed by atoms with van der Waals surface area (Å²) in [5.74, 6) is 1.92. The zero-order valence-electron chi connectivity index (χ0n) is 21.4. The highest BCUT2D eigenvalue weighted by Gasteiger charge is 2.14. The van der Waals surface area contributed by atoms with Crippen LogP contribution < -0.4 is 26.0 Å². The van der Waals surface area contributed by atoms with Crippen LogP contribution in [0.15, 0.2) is 61.1 Å². The molecule has 10 nitrogen and oxygen atoms in total. The van der Waals surface area contributed by atoms with Crippen molar-refractivity contribution in [3.63, 3.8) is 0 Å². The number of likely N-dealkylation sites (N-methyl/N-ethyl adjacent to an activating group) is 2. The van der Waals surface area contributed by atoms with E-state index in [1.54, 1.807) is 11.8 Å². The molecule has 10 heteroatoms. The van der Waals surface area contributed by atoms with Crippen LogP contribution in [0.5, 0.6) is 5.75 Å². The van der Waals surface area contributed by atoms with E-state index < -0.39 is 0 Å². The van der Waals surface area contributed by atoms with Crippen LogP contribution in [-0.2, 0) is 7.05 Å². The number of hydrogen-bond acceptors (Lipinski definition) is 9. The fourth-order valence-corrected chi connectivity index (χ4v) is 3.80. The second-order valence-electron chi connectivity index (χ2n) is 8.79. The van der Waals surface area contributed by atoms with E-state index in [0.29, 0.717) is 23.1 Å². The predicted octanol–water partition coefficient (Wildman–Crippen LogP) is 3.95. The number of hydrogen-bond donors (Lipinski definition) is 3. The molecule has 0 aliphatic carbocycles. The number of rotatable bonds is 10. The molecule has 0 saturated heterocycles. The average Bonchev–Trinajstić information content (AvgIpc) is 3.29. The number of anilines is 6. The highest BCUT2D eigenvalue weighted by molar-refractivity contribution is 5.81. The quantitative estimate of drug-likeness (QED) is 0.286. The molecule has 188 valence electrons. The molecule has 0 radical (unpaired) electrons. The number of aryl methyl sites for hydroxylation is 1. The van der Waals surface area contributed by atoms with Crippen LogP contribution in [0.4, 0.5) is 34.4 Å². The van der Waals surface area contributed by atoms with Crippen LogP contribution >= 0.6 is 0 Å². The molecule has 0 aliphatic rings. The van der Waals surface area contributed by atoms with Gasteiger partial charge in [-0.2, -0.15) is 5.10 Å². The van der Waals surface area contributed by atoms with Gasteiger partial charge in [0.1, 0.15) is 23.7 Å². The molecule has 0 fully saturated rings. The van der Waals surface area contributed by atoms with Gasteiger partial charge in [0, 0.05) is 56.8 Å². The van der Waals surface area contributed by atoms with Crippen LogP contribution in [-0.4, -0.2) is 66.0 Å². The third kappa shape index (κ3) is 5.84. The lowest BCUT2D eigenvalue weighted by atomic mass is 10.1. The van der Waals surface area contributed by atoms with E-state index in [1.165, 1.54) is 6.33 Å². The Morgan fingerprint density at radius 3 is 2.33 bits per heavy atom. The number of nitrogen functional groups attached to an aromatic ring is 1. The van der Waals surface area contributed by atoms with Gasteiger partial charge in [0.15, 0.2) is 0 Å². The second kappa shape index (κ2) is 11.0. The van der Waals surface area contributed by atoms with Crippen molar-refractivity contribution in [2.45, 2.75) is 0 Å². The Hall–Kier alpha value is -4.31. The fourth-order valence-electron chi connectivity index (χ4n) is 3.80. The summed E-state index contributed by atoms with van der Waals surface area (Å²) >= 11 is 0. The molecule has 4 rings (SSSR count). The minimum atomic E-state index is 0.606. The standard InChI is InChI=1S/C26H33N9O/c1-33(2)12-13-34(3)23-15-24(36-5)22(14-19(23)27)31-26-16-25(28-17-29-26)30-20-9-7-6-8-18(20)21-10-11-35(4)32-21/h6-11,14-17H,12-13,27H2,1-5H3,(H2,28,29,30,31). The maximum absolute atomic E-state index is 6.41. The molecule has 4 aromatic rings. The molecule has 0 amide bonds. The zero-order valence-corrected chi connectivity index (χ0v) is 21.4. The molecule has 4 N–H and O–H groups in total. The molecule has 2 aromatic heterocycles. The first-order valence-corrected chi connectivity index (χ1v) is 11.6. The van der Waals surface area contributed by atoms with Gasteiger partial charge in [-0.25, -0.2) is 9.97 Å².